The summed E-state index contributed by atoms with van der Waals surface area (Å²) in [4.78, 5) is 6.48. The molecule has 3 nitrogen and oxygen atoms in total. The minimum atomic E-state index is 0.692. The summed E-state index contributed by atoms with van der Waals surface area (Å²) >= 11 is 0. The Morgan fingerprint density at radius 3 is 2.56 bits per heavy atom. The quantitative estimate of drug-likeness (QED) is 0.758. The van der Waals surface area contributed by atoms with Crippen molar-refractivity contribution in [3.05, 3.63) is 29.1 Å². The molecule has 1 aromatic rings. The molecule has 0 spiro atoms. The second kappa shape index (κ2) is 6.24. The van der Waals surface area contributed by atoms with Crippen LogP contribution in [0.5, 0.6) is 0 Å². The lowest BCUT2D eigenvalue weighted by Crippen LogP contribution is -2.25. The van der Waals surface area contributed by atoms with E-state index in [1.165, 1.54) is 5.56 Å². The predicted molar refractivity (Wildman–Crippen MR) is 65.2 cm³/mol. The molecule has 1 aromatic heterocycles. The molecule has 0 N–H and O–H groups in total. The molecule has 0 aromatic carbocycles. The molecule has 0 fully saturated rings. The van der Waals surface area contributed by atoms with E-state index in [-0.39, 0.29) is 0 Å². The summed E-state index contributed by atoms with van der Waals surface area (Å²) in [5.41, 5.74) is 2.95. The molecule has 0 aliphatic heterocycles. The number of nitrogens with zero attached hydrogens (tertiary/aromatic N) is 3. The maximum atomic E-state index is 8.91. The number of nitriles is 1. The van der Waals surface area contributed by atoms with Crippen LogP contribution in [0.25, 0.3) is 0 Å². The van der Waals surface area contributed by atoms with Crippen molar-refractivity contribution in [1.29, 1.82) is 5.26 Å². The van der Waals surface area contributed by atoms with E-state index in [0.717, 1.165) is 31.6 Å². The van der Waals surface area contributed by atoms with Crippen molar-refractivity contribution in [2.24, 2.45) is 0 Å². The molecule has 1 heterocycles. The van der Waals surface area contributed by atoms with E-state index in [1.807, 2.05) is 13.1 Å². The molecule has 16 heavy (non-hydrogen) atoms. The lowest BCUT2D eigenvalue weighted by Gasteiger charge is -2.18. The van der Waals surface area contributed by atoms with Gasteiger partial charge in [-0.2, -0.15) is 5.26 Å². The van der Waals surface area contributed by atoms with Gasteiger partial charge < -0.3 is 4.90 Å². The highest BCUT2D eigenvalue weighted by molar-refractivity contribution is 5.39. The summed E-state index contributed by atoms with van der Waals surface area (Å²) in [6.45, 7) is 9.50. The summed E-state index contributed by atoms with van der Waals surface area (Å²) in [5.74, 6) is 0. The predicted octanol–water partition coefficient (Wildman–Crippen LogP) is 2.15. The van der Waals surface area contributed by atoms with Crippen molar-refractivity contribution in [2.45, 2.75) is 27.2 Å². The monoisotopic (exact) mass is 217 g/mol. The normalized spacial score (nSPS) is 10.4. The van der Waals surface area contributed by atoms with Crippen molar-refractivity contribution in [2.75, 3.05) is 19.6 Å². The van der Waals surface area contributed by atoms with Gasteiger partial charge in [0.25, 0.3) is 0 Å². The van der Waals surface area contributed by atoms with Crippen LogP contribution >= 0.6 is 0 Å². The van der Waals surface area contributed by atoms with Gasteiger partial charge in [-0.05, 0) is 37.6 Å². The Bertz CT molecular complexity index is 375. The van der Waals surface area contributed by atoms with Crippen LogP contribution in [0.15, 0.2) is 12.4 Å². The van der Waals surface area contributed by atoms with Crippen molar-refractivity contribution < 1.29 is 0 Å². The average Bonchev–Trinajstić information content (AvgIpc) is 2.32. The summed E-state index contributed by atoms with van der Waals surface area (Å²) in [6.07, 6.45) is 4.48. The summed E-state index contributed by atoms with van der Waals surface area (Å²) in [6, 6.07) is 2.18. The highest BCUT2D eigenvalue weighted by atomic mass is 15.1. The fourth-order valence-corrected chi connectivity index (χ4v) is 1.75. The Morgan fingerprint density at radius 1 is 1.31 bits per heavy atom. The minimum Gasteiger partial charge on any atom is -0.304 e. The Balaban J connectivity index is 2.71. The molecule has 0 amide bonds. The zero-order valence-electron chi connectivity index (χ0n) is 10.3. The molecule has 0 saturated carbocycles. The summed E-state index contributed by atoms with van der Waals surface area (Å²) < 4.78 is 0. The van der Waals surface area contributed by atoms with E-state index >= 15 is 0 Å². The number of aromatic nitrogens is 1. The van der Waals surface area contributed by atoms with Gasteiger partial charge in [0.15, 0.2) is 0 Å². The first-order valence-corrected chi connectivity index (χ1v) is 5.78. The minimum absolute atomic E-state index is 0.692. The van der Waals surface area contributed by atoms with Crippen LogP contribution in [0, 0.1) is 18.3 Å². The smallest absolute Gasteiger partial charge is 0.101 e. The molecule has 0 saturated heterocycles. The molecule has 3 heteroatoms. The zero-order chi connectivity index (χ0) is 12.0. The maximum absolute atomic E-state index is 8.91. The van der Waals surface area contributed by atoms with Crippen LogP contribution in [0.1, 0.15) is 30.5 Å². The third-order valence-electron chi connectivity index (χ3n) is 3.03. The third kappa shape index (κ3) is 3.04. The fraction of sp³-hybridized carbons (Fsp3) is 0.538. The molecular weight excluding hydrogens is 198 g/mol. The molecule has 1 rings (SSSR count). The first-order chi connectivity index (χ1) is 7.72. The van der Waals surface area contributed by atoms with Crippen molar-refractivity contribution >= 4 is 0 Å². The van der Waals surface area contributed by atoms with Gasteiger partial charge >= 0.3 is 0 Å². The zero-order valence-corrected chi connectivity index (χ0v) is 10.3. The van der Waals surface area contributed by atoms with E-state index in [0.29, 0.717) is 5.56 Å². The lowest BCUT2D eigenvalue weighted by molar-refractivity contribution is 0.307. The van der Waals surface area contributed by atoms with Crippen LogP contribution in [-0.2, 0) is 6.42 Å². The second-order valence-corrected chi connectivity index (χ2v) is 3.86. The van der Waals surface area contributed by atoms with E-state index in [1.54, 1.807) is 6.20 Å². The van der Waals surface area contributed by atoms with Gasteiger partial charge in [0.2, 0.25) is 0 Å². The lowest BCUT2D eigenvalue weighted by atomic mass is 10.0. The summed E-state index contributed by atoms with van der Waals surface area (Å²) in [5, 5.41) is 8.91. The SMILES string of the molecule is CCN(CC)CCc1cncc(C#N)c1C. The van der Waals surface area contributed by atoms with E-state index in [4.69, 9.17) is 5.26 Å². The van der Waals surface area contributed by atoms with Gasteiger partial charge in [-0.15, -0.1) is 0 Å². The van der Waals surface area contributed by atoms with Crippen molar-refractivity contribution in [1.82, 2.24) is 9.88 Å². The maximum Gasteiger partial charge on any atom is 0.101 e. The standard InChI is InChI=1S/C13H19N3/c1-4-16(5-2)7-6-12-9-15-10-13(8-14)11(12)3/h9-10H,4-7H2,1-3H3. The third-order valence-corrected chi connectivity index (χ3v) is 3.03. The second-order valence-electron chi connectivity index (χ2n) is 3.86. The first-order valence-electron chi connectivity index (χ1n) is 5.78. The molecule has 0 aliphatic carbocycles. The number of hydrogen-bond acceptors (Lipinski definition) is 3. The Labute approximate surface area is 97.7 Å². The Morgan fingerprint density at radius 2 is 2.00 bits per heavy atom. The Hall–Kier alpha value is -1.40. The Kier molecular flexibility index (Phi) is 4.94. The van der Waals surface area contributed by atoms with Crippen LogP contribution < -0.4 is 0 Å². The molecule has 0 aliphatic rings. The number of likely N-dealkylation sites (N-methyl/N-ethyl adjacent to an activating group) is 1. The van der Waals surface area contributed by atoms with Crippen LogP contribution in [0.2, 0.25) is 0 Å². The molecule has 0 atom stereocenters. The van der Waals surface area contributed by atoms with Gasteiger partial charge in [-0.3, -0.25) is 4.98 Å². The first kappa shape index (κ1) is 12.7. The van der Waals surface area contributed by atoms with E-state index < -0.39 is 0 Å². The molecule has 86 valence electrons. The van der Waals surface area contributed by atoms with Crippen molar-refractivity contribution in [3.63, 3.8) is 0 Å². The highest BCUT2D eigenvalue weighted by Gasteiger charge is 2.06. The molecule has 0 bridgehead atoms. The van der Waals surface area contributed by atoms with Crippen LogP contribution in [-0.4, -0.2) is 29.5 Å². The van der Waals surface area contributed by atoms with Gasteiger partial charge in [-0.1, -0.05) is 13.8 Å². The van der Waals surface area contributed by atoms with Gasteiger partial charge in [-0.25, -0.2) is 0 Å². The van der Waals surface area contributed by atoms with Crippen LogP contribution in [0.4, 0.5) is 0 Å². The van der Waals surface area contributed by atoms with Gasteiger partial charge in [0, 0.05) is 18.9 Å². The van der Waals surface area contributed by atoms with Crippen molar-refractivity contribution in [3.8, 4) is 6.07 Å². The van der Waals surface area contributed by atoms with E-state index in [9.17, 15) is 0 Å². The highest BCUT2D eigenvalue weighted by Crippen LogP contribution is 2.12. The fourth-order valence-electron chi connectivity index (χ4n) is 1.75. The van der Waals surface area contributed by atoms with E-state index in [2.05, 4.69) is 29.8 Å². The number of pyridine rings is 1. The largest absolute Gasteiger partial charge is 0.304 e. The number of rotatable bonds is 5. The summed E-state index contributed by atoms with van der Waals surface area (Å²) in [7, 11) is 0. The average molecular weight is 217 g/mol. The molecular formula is C13H19N3. The number of hydrogen-bond donors (Lipinski definition) is 0. The topological polar surface area (TPSA) is 39.9 Å². The van der Waals surface area contributed by atoms with Gasteiger partial charge in [0.05, 0.1) is 5.56 Å². The van der Waals surface area contributed by atoms with Gasteiger partial charge in [0.1, 0.15) is 6.07 Å². The molecule has 0 unspecified atom stereocenters. The molecule has 0 radical (unpaired) electrons. The van der Waals surface area contributed by atoms with Crippen LogP contribution in [0.3, 0.4) is 0 Å².